The first-order chi connectivity index (χ1) is 10.6. The van der Waals surface area contributed by atoms with Gasteiger partial charge in [-0.3, -0.25) is 4.90 Å². The summed E-state index contributed by atoms with van der Waals surface area (Å²) >= 11 is 5.93. The van der Waals surface area contributed by atoms with Crippen LogP contribution in [0.15, 0.2) is 36.8 Å². The van der Waals surface area contributed by atoms with Crippen LogP contribution < -0.4 is 0 Å². The molecule has 5 heteroatoms. The fourth-order valence-electron chi connectivity index (χ4n) is 3.14. The Morgan fingerprint density at radius 2 is 2.09 bits per heavy atom. The summed E-state index contributed by atoms with van der Waals surface area (Å²) in [5.41, 5.74) is 2.32. The molecule has 1 N–H and O–H groups in total. The zero-order valence-corrected chi connectivity index (χ0v) is 13.6. The number of piperidine rings is 1. The first kappa shape index (κ1) is 15.5. The van der Waals surface area contributed by atoms with Gasteiger partial charge < -0.3 is 9.67 Å². The molecular weight excluding hydrogens is 298 g/mol. The van der Waals surface area contributed by atoms with Crippen LogP contribution in [0.5, 0.6) is 0 Å². The molecule has 0 bridgehead atoms. The van der Waals surface area contributed by atoms with E-state index in [1.54, 1.807) is 0 Å². The lowest BCUT2D eigenvalue weighted by Crippen LogP contribution is -2.43. The van der Waals surface area contributed by atoms with Crippen molar-refractivity contribution in [2.24, 2.45) is 13.0 Å². The van der Waals surface area contributed by atoms with Gasteiger partial charge in [-0.25, -0.2) is 4.98 Å². The van der Waals surface area contributed by atoms with E-state index >= 15 is 0 Å². The van der Waals surface area contributed by atoms with Gasteiger partial charge in [-0.15, -0.1) is 0 Å². The zero-order chi connectivity index (χ0) is 15.5. The van der Waals surface area contributed by atoms with E-state index in [0.717, 1.165) is 43.2 Å². The molecule has 1 aromatic carbocycles. The Labute approximate surface area is 136 Å². The second-order valence-electron chi connectivity index (χ2n) is 6.21. The smallest absolute Gasteiger partial charge is 0.0947 e. The Kier molecular flexibility index (Phi) is 4.81. The molecule has 1 saturated heterocycles. The van der Waals surface area contributed by atoms with Crippen molar-refractivity contribution in [1.29, 1.82) is 0 Å². The maximum Gasteiger partial charge on any atom is 0.0947 e. The average Bonchev–Trinajstić information content (AvgIpc) is 2.90. The summed E-state index contributed by atoms with van der Waals surface area (Å²) in [6.07, 6.45) is 5.37. The topological polar surface area (TPSA) is 41.3 Å². The van der Waals surface area contributed by atoms with Crippen LogP contribution in [0, 0.1) is 5.92 Å². The molecule has 4 nitrogen and oxygen atoms in total. The van der Waals surface area contributed by atoms with Crippen molar-refractivity contribution in [1.82, 2.24) is 14.5 Å². The number of hydrogen-bond donors (Lipinski definition) is 1. The standard InChI is InChI=1S/C17H22ClN3O/c1-20-10-16(19-12-20)11-21-7-6-17(22)14(9-21)8-13-2-4-15(18)5-3-13/h2-5,10,12,14,17,22H,6-9,11H2,1H3/t14-,17+/m1/s1. The minimum absolute atomic E-state index is 0.226. The van der Waals surface area contributed by atoms with E-state index in [2.05, 4.69) is 16.1 Å². The highest BCUT2D eigenvalue weighted by molar-refractivity contribution is 6.30. The van der Waals surface area contributed by atoms with E-state index in [4.69, 9.17) is 11.6 Å². The number of aliphatic hydroxyl groups is 1. The van der Waals surface area contributed by atoms with Crippen LogP contribution in [-0.4, -0.2) is 38.8 Å². The van der Waals surface area contributed by atoms with Gasteiger partial charge in [0.05, 0.1) is 18.1 Å². The monoisotopic (exact) mass is 319 g/mol. The van der Waals surface area contributed by atoms with E-state index in [9.17, 15) is 5.11 Å². The quantitative estimate of drug-likeness (QED) is 0.941. The van der Waals surface area contributed by atoms with Crippen molar-refractivity contribution in [2.75, 3.05) is 13.1 Å². The first-order valence-corrected chi connectivity index (χ1v) is 8.09. The third-order valence-electron chi connectivity index (χ3n) is 4.33. The highest BCUT2D eigenvalue weighted by atomic mass is 35.5. The van der Waals surface area contributed by atoms with Gasteiger partial charge in [-0.2, -0.15) is 0 Å². The minimum atomic E-state index is -0.226. The third kappa shape index (κ3) is 3.88. The molecule has 0 saturated carbocycles. The molecular formula is C17H22ClN3O. The first-order valence-electron chi connectivity index (χ1n) is 7.72. The Balaban J connectivity index is 1.61. The second kappa shape index (κ2) is 6.82. The van der Waals surface area contributed by atoms with Gasteiger partial charge in [0.25, 0.3) is 0 Å². The Morgan fingerprint density at radius 1 is 1.32 bits per heavy atom. The number of aromatic nitrogens is 2. The third-order valence-corrected chi connectivity index (χ3v) is 4.59. The van der Waals surface area contributed by atoms with Gasteiger partial charge in [0, 0.05) is 43.8 Å². The molecule has 2 aromatic rings. The van der Waals surface area contributed by atoms with Crippen LogP contribution in [-0.2, 0) is 20.0 Å². The molecule has 1 aliphatic rings. The minimum Gasteiger partial charge on any atom is -0.393 e. The number of benzene rings is 1. The Bertz CT molecular complexity index is 611. The summed E-state index contributed by atoms with van der Waals surface area (Å²) in [6, 6.07) is 7.93. The number of imidazole rings is 1. The molecule has 0 aliphatic carbocycles. The lowest BCUT2D eigenvalue weighted by molar-refractivity contribution is 0.0235. The van der Waals surface area contributed by atoms with Gasteiger partial charge >= 0.3 is 0 Å². The van der Waals surface area contributed by atoms with Crippen molar-refractivity contribution < 1.29 is 5.11 Å². The van der Waals surface area contributed by atoms with Crippen LogP contribution in [0.3, 0.4) is 0 Å². The predicted octanol–water partition coefficient (Wildman–Crippen LogP) is 2.50. The van der Waals surface area contributed by atoms with Crippen molar-refractivity contribution >= 4 is 11.6 Å². The zero-order valence-electron chi connectivity index (χ0n) is 12.8. The van der Waals surface area contributed by atoms with E-state index in [1.165, 1.54) is 5.56 Å². The maximum absolute atomic E-state index is 10.3. The van der Waals surface area contributed by atoms with Gasteiger partial charge in [0.1, 0.15) is 0 Å². The van der Waals surface area contributed by atoms with Crippen molar-refractivity contribution in [2.45, 2.75) is 25.5 Å². The van der Waals surface area contributed by atoms with Crippen molar-refractivity contribution in [3.8, 4) is 0 Å². The average molecular weight is 320 g/mol. The van der Waals surface area contributed by atoms with Gasteiger partial charge in [-0.1, -0.05) is 23.7 Å². The van der Waals surface area contributed by atoms with E-state index < -0.39 is 0 Å². The summed E-state index contributed by atoms with van der Waals surface area (Å²) in [6.45, 7) is 2.68. The molecule has 22 heavy (non-hydrogen) atoms. The van der Waals surface area contributed by atoms with E-state index in [1.807, 2.05) is 42.2 Å². The lowest BCUT2D eigenvalue weighted by Gasteiger charge is -2.36. The second-order valence-corrected chi connectivity index (χ2v) is 6.65. The highest BCUT2D eigenvalue weighted by Gasteiger charge is 2.28. The fourth-order valence-corrected chi connectivity index (χ4v) is 3.27. The van der Waals surface area contributed by atoms with Crippen molar-refractivity contribution in [3.05, 3.63) is 53.1 Å². The number of aliphatic hydroxyl groups excluding tert-OH is 1. The molecule has 118 valence electrons. The summed E-state index contributed by atoms with van der Waals surface area (Å²) in [5, 5.41) is 11.1. The molecule has 0 unspecified atom stereocenters. The maximum atomic E-state index is 10.3. The molecule has 1 fully saturated rings. The van der Waals surface area contributed by atoms with Crippen LogP contribution in [0.2, 0.25) is 5.02 Å². The number of likely N-dealkylation sites (tertiary alicyclic amines) is 1. The fraction of sp³-hybridized carbons (Fsp3) is 0.471. The number of aryl methyl sites for hydroxylation is 1. The Hall–Kier alpha value is -1.36. The summed E-state index contributed by atoms with van der Waals surface area (Å²) < 4.78 is 1.97. The SMILES string of the molecule is Cn1cnc(CN2CC[C@H](O)[C@H](Cc3ccc(Cl)cc3)C2)c1. The summed E-state index contributed by atoms with van der Waals surface area (Å²) in [4.78, 5) is 6.78. The predicted molar refractivity (Wildman–Crippen MR) is 87.8 cm³/mol. The number of halogens is 1. The highest BCUT2D eigenvalue weighted by Crippen LogP contribution is 2.23. The van der Waals surface area contributed by atoms with Crippen LogP contribution in [0.1, 0.15) is 17.7 Å². The lowest BCUT2D eigenvalue weighted by atomic mass is 9.88. The van der Waals surface area contributed by atoms with E-state index in [-0.39, 0.29) is 12.0 Å². The molecule has 2 heterocycles. The largest absolute Gasteiger partial charge is 0.393 e. The van der Waals surface area contributed by atoms with Gasteiger partial charge in [-0.05, 0) is 30.5 Å². The number of rotatable bonds is 4. The van der Waals surface area contributed by atoms with Gasteiger partial charge in [0.2, 0.25) is 0 Å². The number of nitrogens with zero attached hydrogens (tertiary/aromatic N) is 3. The van der Waals surface area contributed by atoms with Crippen LogP contribution in [0.4, 0.5) is 0 Å². The van der Waals surface area contributed by atoms with Crippen molar-refractivity contribution in [3.63, 3.8) is 0 Å². The number of hydrogen-bond acceptors (Lipinski definition) is 3. The molecule has 0 radical (unpaired) electrons. The normalized spacial score (nSPS) is 22.9. The summed E-state index contributed by atoms with van der Waals surface area (Å²) in [7, 11) is 1.99. The molecule has 3 rings (SSSR count). The molecule has 1 aliphatic heterocycles. The molecule has 1 aromatic heterocycles. The molecule has 0 amide bonds. The van der Waals surface area contributed by atoms with E-state index in [0.29, 0.717) is 0 Å². The molecule has 0 spiro atoms. The summed E-state index contributed by atoms with van der Waals surface area (Å²) in [5.74, 6) is 0.263. The Morgan fingerprint density at radius 3 is 2.77 bits per heavy atom. The van der Waals surface area contributed by atoms with Crippen LogP contribution in [0.25, 0.3) is 0 Å². The van der Waals surface area contributed by atoms with Gasteiger partial charge in [0.15, 0.2) is 0 Å². The van der Waals surface area contributed by atoms with Crippen LogP contribution >= 0.6 is 11.6 Å². The molecule has 2 atom stereocenters.